The van der Waals surface area contributed by atoms with Crippen molar-refractivity contribution in [3.05, 3.63) is 96.4 Å². The standard InChI is InChI=1S/C25H17Cl2F2N5OS2/c1-12-21(36-13(2)32-12)10-30-15-8-16(26)23(17(27)9-15)24-19-4-6-22(33-34(19)11-31-25(24)35)37-20-5-3-14(28)7-18(20)29/h3-9,11,30H,10H2,1-2H3. The third kappa shape index (κ3) is 5.33. The van der Waals surface area contributed by atoms with E-state index in [4.69, 9.17) is 23.2 Å². The fourth-order valence-corrected chi connectivity index (χ4v) is 6.12. The number of thiazole rings is 1. The Morgan fingerprint density at radius 2 is 1.81 bits per heavy atom. The molecule has 5 aromatic rings. The molecule has 1 N–H and O–H groups in total. The molecule has 37 heavy (non-hydrogen) atoms. The lowest BCUT2D eigenvalue weighted by molar-refractivity contribution is 0.565. The summed E-state index contributed by atoms with van der Waals surface area (Å²) in [6.07, 6.45) is 1.27. The molecule has 0 aliphatic heterocycles. The highest BCUT2D eigenvalue weighted by Crippen LogP contribution is 2.38. The van der Waals surface area contributed by atoms with E-state index in [9.17, 15) is 13.6 Å². The van der Waals surface area contributed by atoms with Gasteiger partial charge in [0.2, 0.25) is 0 Å². The quantitative estimate of drug-likeness (QED) is 0.231. The van der Waals surface area contributed by atoms with Crippen LogP contribution in [0.4, 0.5) is 14.5 Å². The van der Waals surface area contributed by atoms with E-state index in [0.717, 1.165) is 33.4 Å². The Morgan fingerprint density at radius 1 is 1.05 bits per heavy atom. The highest BCUT2D eigenvalue weighted by molar-refractivity contribution is 7.99. The first-order valence-electron chi connectivity index (χ1n) is 10.9. The first kappa shape index (κ1) is 25.6. The second-order valence-electron chi connectivity index (χ2n) is 8.01. The number of benzene rings is 2. The van der Waals surface area contributed by atoms with Gasteiger partial charge in [-0.05, 0) is 50.2 Å². The summed E-state index contributed by atoms with van der Waals surface area (Å²) in [4.78, 5) is 22.5. The molecule has 0 bridgehead atoms. The van der Waals surface area contributed by atoms with E-state index in [-0.39, 0.29) is 20.5 Å². The van der Waals surface area contributed by atoms with E-state index < -0.39 is 17.2 Å². The molecule has 188 valence electrons. The van der Waals surface area contributed by atoms with Crippen molar-refractivity contribution in [3.63, 3.8) is 0 Å². The van der Waals surface area contributed by atoms with Crippen LogP contribution in [0.25, 0.3) is 16.6 Å². The number of fused-ring (bicyclic) bond motifs is 1. The Bertz CT molecular complexity index is 1700. The third-order valence-corrected chi connectivity index (χ3v) is 8.09. The van der Waals surface area contributed by atoms with Crippen LogP contribution < -0.4 is 10.9 Å². The Hall–Kier alpha value is -3.05. The van der Waals surface area contributed by atoms with Crippen LogP contribution in [-0.4, -0.2) is 19.6 Å². The zero-order valence-electron chi connectivity index (χ0n) is 19.4. The lowest BCUT2D eigenvalue weighted by atomic mass is 10.1. The van der Waals surface area contributed by atoms with Crippen molar-refractivity contribution in [2.45, 2.75) is 30.3 Å². The van der Waals surface area contributed by atoms with Gasteiger partial charge in [-0.3, -0.25) is 4.79 Å². The van der Waals surface area contributed by atoms with Crippen LogP contribution in [0.2, 0.25) is 10.0 Å². The van der Waals surface area contributed by atoms with E-state index in [1.54, 1.807) is 35.6 Å². The Kier molecular flexibility index (Phi) is 7.17. The van der Waals surface area contributed by atoms with E-state index in [1.807, 2.05) is 13.8 Å². The molecule has 3 heterocycles. The zero-order valence-corrected chi connectivity index (χ0v) is 22.5. The van der Waals surface area contributed by atoms with Crippen LogP contribution >= 0.6 is 46.3 Å². The molecular weight excluding hydrogens is 559 g/mol. The molecule has 0 radical (unpaired) electrons. The van der Waals surface area contributed by atoms with Gasteiger partial charge < -0.3 is 5.32 Å². The predicted molar refractivity (Wildman–Crippen MR) is 144 cm³/mol. The lowest BCUT2D eigenvalue weighted by Crippen LogP contribution is -2.14. The summed E-state index contributed by atoms with van der Waals surface area (Å²) in [7, 11) is 0. The normalized spacial score (nSPS) is 11.3. The molecule has 2 aromatic carbocycles. The SMILES string of the molecule is Cc1nc(C)c(CNc2cc(Cl)c(-c3c(=O)ncn4nc(Sc5ccc(F)cc5F)ccc34)c(Cl)c2)s1. The first-order valence-corrected chi connectivity index (χ1v) is 13.3. The van der Waals surface area contributed by atoms with Crippen molar-refractivity contribution in [1.29, 1.82) is 0 Å². The maximum Gasteiger partial charge on any atom is 0.281 e. The number of halogens is 4. The van der Waals surface area contributed by atoms with Crippen molar-refractivity contribution in [2.75, 3.05) is 5.32 Å². The van der Waals surface area contributed by atoms with Gasteiger partial charge in [0.25, 0.3) is 5.56 Å². The summed E-state index contributed by atoms with van der Waals surface area (Å²) in [5, 5.41) is 9.67. The highest BCUT2D eigenvalue weighted by Gasteiger charge is 2.19. The number of nitrogens with zero attached hydrogens (tertiary/aromatic N) is 4. The molecule has 0 atom stereocenters. The molecule has 0 aliphatic carbocycles. The van der Waals surface area contributed by atoms with E-state index in [0.29, 0.717) is 28.3 Å². The van der Waals surface area contributed by atoms with Gasteiger partial charge in [-0.2, -0.15) is 10.1 Å². The van der Waals surface area contributed by atoms with Gasteiger partial charge >= 0.3 is 0 Å². The predicted octanol–water partition coefficient (Wildman–Crippen LogP) is 7.18. The average Bonchev–Trinajstić information content (AvgIpc) is 3.17. The Labute approximate surface area is 228 Å². The molecule has 6 nitrogen and oxygen atoms in total. The van der Waals surface area contributed by atoms with Gasteiger partial charge in [0.1, 0.15) is 23.0 Å². The van der Waals surface area contributed by atoms with Gasteiger partial charge in [0, 0.05) is 27.1 Å². The minimum atomic E-state index is -0.696. The average molecular weight is 576 g/mol. The summed E-state index contributed by atoms with van der Waals surface area (Å²) in [6.45, 7) is 4.47. The number of anilines is 1. The topological polar surface area (TPSA) is 72.2 Å². The molecule has 12 heteroatoms. The molecule has 0 saturated carbocycles. The van der Waals surface area contributed by atoms with Gasteiger partial charge in [-0.25, -0.2) is 18.3 Å². The zero-order chi connectivity index (χ0) is 26.3. The van der Waals surface area contributed by atoms with E-state index in [1.165, 1.54) is 23.0 Å². The second-order valence-corrected chi connectivity index (χ2v) is 11.2. The molecule has 0 amide bonds. The minimum Gasteiger partial charge on any atom is -0.380 e. The largest absolute Gasteiger partial charge is 0.380 e. The monoisotopic (exact) mass is 575 g/mol. The van der Waals surface area contributed by atoms with Gasteiger partial charge in [0.05, 0.1) is 38.4 Å². The van der Waals surface area contributed by atoms with Crippen LogP contribution in [0.3, 0.4) is 0 Å². The molecule has 0 fully saturated rings. The molecule has 0 aliphatic rings. The van der Waals surface area contributed by atoms with E-state index >= 15 is 0 Å². The maximum atomic E-state index is 14.1. The van der Waals surface area contributed by atoms with Crippen molar-refractivity contribution in [1.82, 2.24) is 19.6 Å². The minimum absolute atomic E-state index is 0.190. The highest BCUT2D eigenvalue weighted by atomic mass is 35.5. The smallest absolute Gasteiger partial charge is 0.281 e. The fourth-order valence-electron chi connectivity index (χ4n) is 3.78. The molecule has 5 rings (SSSR count). The summed E-state index contributed by atoms with van der Waals surface area (Å²) in [6, 6.07) is 10.00. The number of hydrogen-bond acceptors (Lipinski definition) is 7. The van der Waals surface area contributed by atoms with Crippen molar-refractivity contribution in [3.8, 4) is 11.1 Å². The van der Waals surface area contributed by atoms with Crippen LogP contribution in [0.5, 0.6) is 0 Å². The molecule has 0 spiro atoms. The van der Waals surface area contributed by atoms with Gasteiger partial charge in [0.15, 0.2) is 0 Å². The number of aryl methyl sites for hydroxylation is 2. The van der Waals surface area contributed by atoms with Crippen LogP contribution in [0, 0.1) is 25.5 Å². The summed E-state index contributed by atoms with van der Waals surface area (Å²) < 4.78 is 28.7. The Balaban J connectivity index is 1.49. The molecule has 0 unspecified atom stereocenters. The maximum absolute atomic E-state index is 14.1. The summed E-state index contributed by atoms with van der Waals surface area (Å²) in [5.41, 5.74) is 2.08. The Morgan fingerprint density at radius 3 is 2.49 bits per heavy atom. The summed E-state index contributed by atoms with van der Waals surface area (Å²) in [5.74, 6) is -1.36. The van der Waals surface area contributed by atoms with E-state index in [2.05, 4.69) is 20.4 Å². The van der Waals surface area contributed by atoms with Crippen molar-refractivity contribution in [2.24, 2.45) is 0 Å². The fraction of sp³-hybridized carbons (Fsp3) is 0.120. The summed E-state index contributed by atoms with van der Waals surface area (Å²) >= 11 is 15.9. The molecular formula is C25H17Cl2F2N5OS2. The second kappa shape index (κ2) is 10.4. The van der Waals surface area contributed by atoms with Gasteiger partial charge in [-0.15, -0.1) is 11.3 Å². The lowest BCUT2D eigenvalue weighted by Gasteiger charge is -2.13. The van der Waals surface area contributed by atoms with Crippen LogP contribution in [0.15, 0.2) is 63.5 Å². The number of hydrogen-bond donors (Lipinski definition) is 1. The molecule has 3 aromatic heterocycles. The first-order chi connectivity index (χ1) is 17.7. The number of rotatable bonds is 6. The van der Waals surface area contributed by atoms with Crippen LogP contribution in [-0.2, 0) is 6.54 Å². The third-order valence-electron chi connectivity index (χ3n) is 5.44. The molecule has 0 saturated heterocycles. The van der Waals surface area contributed by atoms with Crippen molar-refractivity contribution >= 4 is 57.5 Å². The van der Waals surface area contributed by atoms with Crippen LogP contribution in [0.1, 0.15) is 15.6 Å². The van der Waals surface area contributed by atoms with Gasteiger partial charge in [-0.1, -0.05) is 35.0 Å². The van der Waals surface area contributed by atoms with Crippen molar-refractivity contribution < 1.29 is 8.78 Å². The number of aromatic nitrogens is 4. The number of nitrogens with one attached hydrogen (secondary N) is 1.